The van der Waals surface area contributed by atoms with Crippen LogP contribution in [-0.4, -0.2) is 21.0 Å². The van der Waals surface area contributed by atoms with Crippen molar-refractivity contribution in [2.24, 2.45) is 0 Å². The topological polar surface area (TPSA) is 96.5 Å². The van der Waals surface area contributed by atoms with E-state index in [0.29, 0.717) is 16.5 Å². The number of anilines is 1. The van der Waals surface area contributed by atoms with E-state index < -0.39 is 11.9 Å². The number of aryl methyl sites for hydroxylation is 1. The van der Waals surface area contributed by atoms with Crippen LogP contribution in [0.1, 0.15) is 33.3 Å². The van der Waals surface area contributed by atoms with Crippen LogP contribution in [0.3, 0.4) is 0 Å². The molecular formula is C22H15N3O4. The number of fused-ring (bicyclic) bond motifs is 2. The van der Waals surface area contributed by atoms with Crippen molar-refractivity contribution in [2.45, 2.75) is 13.0 Å². The summed E-state index contributed by atoms with van der Waals surface area (Å²) in [5.41, 5.74) is 1.88. The molecule has 0 aliphatic carbocycles. The minimum Gasteiger partial charge on any atom is -0.508 e. The molecule has 1 unspecified atom stereocenters. The van der Waals surface area contributed by atoms with E-state index in [4.69, 9.17) is 4.42 Å². The lowest BCUT2D eigenvalue weighted by molar-refractivity contribution is 0.0969. The highest BCUT2D eigenvalue weighted by Gasteiger charge is 2.44. The number of hydrogen-bond donors (Lipinski definition) is 1. The zero-order valence-corrected chi connectivity index (χ0v) is 15.4. The van der Waals surface area contributed by atoms with E-state index in [1.54, 1.807) is 30.3 Å². The normalized spacial score (nSPS) is 15.7. The van der Waals surface area contributed by atoms with E-state index in [2.05, 4.69) is 9.97 Å². The number of phenolic OH excluding ortho intramolecular Hbond substituents is 1. The highest BCUT2D eigenvalue weighted by atomic mass is 16.3. The van der Waals surface area contributed by atoms with Gasteiger partial charge >= 0.3 is 0 Å². The molecule has 5 rings (SSSR count). The van der Waals surface area contributed by atoms with E-state index in [1.165, 1.54) is 29.4 Å². The molecule has 1 amide bonds. The van der Waals surface area contributed by atoms with Crippen LogP contribution in [0.4, 0.5) is 5.95 Å². The van der Waals surface area contributed by atoms with Gasteiger partial charge in [-0.05, 0) is 42.8 Å². The molecule has 0 radical (unpaired) electrons. The van der Waals surface area contributed by atoms with Crippen molar-refractivity contribution in [1.82, 2.24) is 9.97 Å². The highest BCUT2D eigenvalue weighted by Crippen LogP contribution is 2.40. The minimum atomic E-state index is -0.762. The second-order valence-electron chi connectivity index (χ2n) is 6.89. The van der Waals surface area contributed by atoms with Gasteiger partial charge in [0.15, 0.2) is 5.43 Å². The van der Waals surface area contributed by atoms with Crippen LogP contribution in [0.5, 0.6) is 5.75 Å². The fourth-order valence-corrected chi connectivity index (χ4v) is 3.68. The van der Waals surface area contributed by atoms with Gasteiger partial charge in [0, 0.05) is 12.4 Å². The summed E-state index contributed by atoms with van der Waals surface area (Å²) in [4.78, 5) is 36.4. The molecule has 1 atom stereocenters. The van der Waals surface area contributed by atoms with Crippen molar-refractivity contribution in [2.75, 3.05) is 4.90 Å². The van der Waals surface area contributed by atoms with Crippen molar-refractivity contribution in [3.8, 4) is 5.75 Å². The summed E-state index contributed by atoms with van der Waals surface area (Å²) in [5, 5.41) is 10.1. The molecule has 0 fully saturated rings. The van der Waals surface area contributed by atoms with Crippen molar-refractivity contribution < 1.29 is 14.3 Å². The van der Waals surface area contributed by atoms with Crippen LogP contribution in [0, 0.1) is 6.92 Å². The Balaban J connectivity index is 1.83. The van der Waals surface area contributed by atoms with Crippen molar-refractivity contribution in [3.05, 3.63) is 93.6 Å². The van der Waals surface area contributed by atoms with E-state index in [0.717, 1.165) is 5.56 Å². The van der Waals surface area contributed by atoms with Crippen molar-refractivity contribution >= 4 is 22.8 Å². The van der Waals surface area contributed by atoms with Crippen LogP contribution in [0.25, 0.3) is 11.0 Å². The first-order chi connectivity index (χ1) is 14.0. The molecule has 7 nitrogen and oxygen atoms in total. The highest BCUT2D eigenvalue weighted by molar-refractivity contribution is 6.09. The number of aromatic hydroxyl groups is 1. The van der Waals surface area contributed by atoms with Crippen LogP contribution < -0.4 is 10.3 Å². The Labute approximate surface area is 164 Å². The first-order valence-corrected chi connectivity index (χ1v) is 9.01. The van der Waals surface area contributed by atoms with Crippen molar-refractivity contribution in [1.29, 1.82) is 0 Å². The average Bonchev–Trinajstić information content (AvgIpc) is 3.03. The summed E-state index contributed by atoms with van der Waals surface area (Å²) in [6, 6.07) is 12.5. The average molecular weight is 385 g/mol. The Morgan fingerprint density at radius 1 is 1.03 bits per heavy atom. The van der Waals surface area contributed by atoms with Gasteiger partial charge < -0.3 is 9.52 Å². The van der Waals surface area contributed by atoms with Gasteiger partial charge in [0.05, 0.1) is 17.0 Å². The lowest BCUT2D eigenvalue weighted by Crippen LogP contribution is -2.31. The fourth-order valence-electron chi connectivity index (χ4n) is 3.68. The second-order valence-corrected chi connectivity index (χ2v) is 6.89. The Morgan fingerprint density at radius 2 is 1.76 bits per heavy atom. The summed E-state index contributed by atoms with van der Waals surface area (Å²) in [6.07, 6.45) is 3.06. The Hall–Kier alpha value is -4.00. The molecule has 1 aliphatic rings. The maximum Gasteiger partial charge on any atom is 0.297 e. The SMILES string of the molecule is Cc1ccc2oc3c(c(=O)c2c1)C(c1ccc(O)cc1)N(c1ncccn1)C3=O. The number of carbonyl (C=O) groups is 1. The van der Waals surface area contributed by atoms with Gasteiger partial charge in [0.1, 0.15) is 11.3 Å². The molecule has 3 heterocycles. The predicted molar refractivity (Wildman–Crippen MR) is 106 cm³/mol. The van der Waals surface area contributed by atoms with Crippen molar-refractivity contribution in [3.63, 3.8) is 0 Å². The molecule has 142 valence electrons. The van der Waals surface area contributed by atoms with E-state index >= 15 is 0 Å². The first-order valence-electron chi connectivity index (χ1n) is 9.01. The molecule has 2 aromatic heterocycles. The monoisotopic (exact) mass is 385 g/mol. The standard InChI is InChI=1S/C22H15N3O4/c1-12-3-8-16-15(11-12)19(27)17-18(13-4-6-14(26)7-5-13)25(21(28)20(17)29-16)22-23-9-2-10-24-22/h2-11,18,26H,1H3. The number of hydrogen-bond acceptors (Lipinski definition) is 6. The van der Waals surface area contributed by atoms with Crippen LogP contribution >= 0.6 is 0 Å². The number of benzene rings is 2. The zero-order valence-electron chi connectivity index (χ0n) is 15.4. The fraction of sp³-hybridized carbons (Fsp3) is 0.0909. The molecule has 0 spiro atoms. The number of amides is 1. The molecule has 0 saturated carbocycles. The number of carbonyl (C=O) groups excluding carboxylic acids is 1. The maximum absolute atomic E-state index is 13.4. The van der Waals surface area contributed by atoms with Crippen LogP contribution in [0.15, 0.2) is 70.1 Å². The first kappa shape index (κ1) is 17.1. The molecule has 1 aliphatic heterocycles. The molecule has 29 heavy (non-hydrogen) atoms. The van der Waals surface area contributed by atoms with Gasteiger partial charge in [0.2, 0.25) is 11.7 Å². The molecule has 2 aromatic carbocycles. The van der Waals surface area contributed by atoms with Gasteiger partial charge in [-0.2, -0.15) is 0 Å². The van der Waals surface area contributed by atoms with Gasteiger partial charge in [-0.15, -0.1) is 0 Å². The third-order valence-electron chi connectivity index (χ3n) is 5.00. The van der Waals surface area contributed by atoms with E-state index in [9.17, 15) is 14.7 Å². The molecule has 0 bridgehead atoms. The third kappa shape index (κ3) is 2.59. The molecule has 4 aromatic rings. The molecule has 1 N–H and O–H groups in total. The molecule has 7 heteroatoms. The number of rotatable bonds is 2. The quantitative estimate of drug-likeness (QED) is 0.568. The Kier molecular flexibility index (Phi) is 3.70. The summed E-state index contributed by atoms with van der Waals surface area (Å²) in [5.74, 6) is -0.246. The number of nitrogens with zero attached hydrogens (tertiary/aromatic N) is 3. The smallest absolute Gasteiger partial charge is 0.297 e. The number of aromatic nitrogens is 2. The van der Waals surface area contributed by atoms with Gasteiger partial charge in [-0.3, -0.25) is 14.5 Å². The predicted octanol–water partition coefficient (Wildman–Crippen LogP) is 3.35. The van der Waals surface area contributed by atoms with Gasteiger partial charge in [-0.1, -0.05) is 23.8 Å². The summed E-state index contributed by atoms with van der Waals surface area (Å²) < 4.78 is 5.88. The lowest BCUT2D eigenvalue weighted by atomic mass is 9.98. The lowest BCUT2D eigenvalue weighted by Gasteiger charge is -2.22. The maximum atomic E-state index is 13.4. The van der Waals surface area contributed by atoms with Crippen LogP contribution in [-0.2, 0) is 0 Å². The third-order valence-corrected chi connectivity index (χ3v) is 5.00. The van der Waals surface area contributed by atoms with E-state index in [-0.39, 0.29) is 28.5 Å². The zero-order chi connectivity index (χ0) is 20.1. The van der Waals surface area contributed by atoms with Crippen LogP contribution in [0.2, 0.25) is 0 Å². The summed E-state index contributed by atoms with van der Waals surface area (Å²) >= 11 is 0. The Bertz CT molecular complexity index is 1310. The minimum absolute atomic E-state index is 0.0168. The van der Waals surface area contributed by atoms with E-state index in [1.807, 2.05) is 13.0 Å². The second kappa shape index (κ2) is 6.27. The Morgan fingerprint density at radius 3 is 2.48 bits per heavy atom. The largest absolute Gasteiger partial charge is 0.508 e. The number of phenols is 1. The van der Waals surface area contributed by atoms with Gasteiger partial charge in [0.25, 0.3) is 5.91 Å². The summed E-state index contributed by atoms with van der Waals surface area (Å²) in [6.45, 7) is 1.89. The summed E-state index contributed by atoms with van der Waals surface area (Å²) in [7, 11) is 0. The molecule has 0 saturated heterocycles. The molecular weight excluding hydrogens is 370 g/mol. The van der Waals surface area contributed by atoms with Gasteiger partial charge in [-0.25, -0.2) is 9.97 Å².